The van der Waals surface area contributed by atoms with Crippen LogP contribution in [-0.4, -0.2) is 43.5 Å². The normalized spacial score (nSPS) is 11.1. The predicted molar refractivity (Wildman–Crippen MR) is 99.5 cm³/mol. The van der Waals surface area contributed by atoms with Crippen LogP contribution in [0.5, 0.6) is 11.5 Å². The Bertz CT molecular complexity index is 865. The van der Waals surface area contributed by atoms with Gasteiger partial charge in [0.05, 0.1) is 31.0 Å². The number of aromatic hydroxyl groups is 1. The molecule has 0 saturated heterocycles. The third kappa shape index (κ3) is 5.37. The maximum atomic E-state index is 12.3. The number of hydrogen-bond acceptors (Lipinski definition) is 7. The fourth-order valence-electron chi connectivity index (χ4n) is 2.28. The van der Waals surface area contributed by atoms with Crippen LogP contribution in [0.1, 0.15) is 27.6 Å². The summed E-state index contributed by atoms with van der Waals surface area (Å²) in [5.74, 6) is -0.774. The second kappa shape index (κ2) is 9.26. The molecular formula is C19H20N2O7. The van der Waals surface area contributed by atoms with Gasteiger partial charge < -0.3 is 30.0 Å². The van der Waals surface area contributed by atoms with Gasteiger partial charge in [0.2, 0.25) is 0 Å². The number of hydrogen-bond donors (Lipinski definition) is 3. The van der Waals surface area contributed by atoms with Gasteiger partial charge in [-0.1, -0.05) is 0 Å². The number of methoxy groups -OCH3 is 2. The molecule has 2 aromatic carbocycles. The van der Waals surface area contributed by atoms with Gasteiger partial charge in [0, 0.05) is 0 Å². The summed E-state index contributed by atoms with van der Waals surface area (Å²) in [4.78, 5) is 35.9. The highest BCUT2D eigenvalue weighted by Crippen LogP contribution is 2.20. The summed E-state index contributed by atoms with van der Waals surface area (Å²) in [7, 11) is 2.42. The van der Waals surface area contributed by atoms with E-state index >= 15 is 0 Å². The summed E-state index contributed by atoms with van der Waals surface area (Å²) in [5.41, 5.74) is 0.292. The van der Waals surface area contributed by atoms with E-state index in [4.69, 9.17) is 4.74 Å². The fraction of sp³-hybridized carbons (Fsp3) is 0.211. The van der Waals surface area contributed by atoms with E-state index in [0.717, 1.165) is 0 Å². The number of nitrogens with one attached hydrogen (secondary N) is 2. The molecule has 9 heteroatoms. The van der Waals surface area contributed by atoms with Crippen molar-refractivity contribution in [2.45, 2.75) is 13.2 Å². The van der Waals surface area contributed by atoms with Crippen molar-refractivity contribution in [3.63, 3.8) is 0 Å². The number of rotatable bonds is 6. The van der Waals surface area contributed by atoms with Crippen molar-refractivity contribution in [2.24, 2.45) is 0 Å². The minimum atomic E-state index is -0.727. The molecule has 0 fully saturated rings. The van der Waals surface area contributed by atoms with E-state index < -0.39 is 24.2 Å². The van der Waals surface area contributed by atoms with Crippen LogP contribution in [0.15, 0.2) is 42.5 Å². The van der Waals surface area contributed by atoms with Crippen molar-refractivity contribution in [3.05, 3.63) is 53.6 Å². The molecule has 0 radical (unpaired) electrons. The number of carbonyl (C=O) groups is 3. The van der Waals surface area contributed by atoms with Gasteiger partial charge in [0.25, 0.3) is 0 Å². The van der Waals surface area contributed by atoms with E-state index in [-0.39, 0.29) is 22.6 Å². The average molecular weight is 388 g/mol. The van der Waals surface area contributed by atoms with Crippen LogP contribution >= 0.6 is 0 Å². The summed E-state index contributed by atoms with van der Waals surface area (Å²) in [6, 6.07) is 9.36. The van der Waals surface area contributed by atoms with Crippen LogP contribution in [0.25, 0.3) is 0 Å². The zero-order chi connectivity index (χ0) is 20.7. The van der Waals surface area contributed by atoms with Gasteiger partial charge in [-0.15, -0.1) is 0 Å². The lowest BCUT2D eigenvalue weighted by Crippen LogP contribution is -2.39. The molecule has 0 bridgehead atoms. The molecule has 0 spiro atoms. The lowest BCUT2D eigenvalue weighted by molar-refractivity contribution is 0.0587. The van der Waals surface area contributed by atoms with Gasteiger partial charge in [0.15, 0.2) is 6.23 Å². The Morgan fingerprint density at radius 3 is 2.21 bits per heavy atom. The first-order valence-electron chi connectivity index (χ1n) is 8.18. The molecule has 2 rings (SSSR count). The van der Waals surface area contributed by atoms with Crippen molar-refractivity contribution >= 4 is 23.7 Å². The van der Waals surface area contributed by atoms with Gasteiger partial charge in [-0.2, -0.15) is 0 Å². The van der Waals surface area contributed by atoms with Crippen molar-refractivity contribution in [3.8, 4) is 11.5 Å². The highest BCUT2D eigenvalue weighted by Gasteiger charge is 2.18. The molecule has 2 amide bonds. The maximum Gasteiger partial charge on any atom is 0.339 e. The summed E-state index contributed by atoms with van der Waals surface area (Å²) in [6.45, 7) is 1.60. The van der Waals surface area contributed by atoms with E-state index in [2.05, 4.69) is 20.1 Å². The molecule has 0 aliphatic rings. The van der Waals surface area contributed by atoms with Crippen LogP contribution in [0.3, 0.4) is 0 Å². The molecule has 0 aromatic heterocycles. The largest absolute Gasteiger partial charge is 0.508 e. The number of ether oxygens (including phenoxy) is 3. The smallest absolute Gasteiger partial charge is 0.339 e. The van der Waals surface area contributed by atoms with Crippen LogP contribution in [0.4, 0.5) is 10.5 Å². The second-order valence-electron chi connectivity index (χ2n) is 5.60. The highest BCUT2D eigenvalue weighted by molar-refractivity contribution is 6.03. The fourth-order valence-corrected chi connectivity index (χ4v) is 2.28. The van der Waals surface area contributed by atoms with Gasteiger partial charge >= 0.3 is 18.0 Å². The minimum Gasteiger partial charge on any atom is -0.508 e. The minimum absolute atomic E-state index is 0.0670. The van der Waals surface area contributed by atoms with E-state index in [0.29, 0.717) is 5.75 Å². The first-order chi connectivity index (χ1) is 13.3. The lowest BCUT2D eigenvalue weighted by atomic mass is 10.1. The number of carbonyl (C=O) groups excluding carboxylic acids is 3. The van der Waals surface area contributed by atoms with Crippen molar-refractivity contribution in [1.29, 1.82) is 0 Å². The topological polar surface area (TPSA) is 123 Å². The molecule has 0 aliphatic carbocycles. The summed E-state index contributed by atoms with van der Waals surface area (Å²) < 4.78 is 14.8. The average Bonchev–Trinajstić information content (AvgIpc) is 2.68. The number of phenols is 1. The number of urea groups is 1. The van der Waals surface area contributed by atoms with Crippen molar-refractivity contribution in [1.82, 2.24) is 5.32 Å². The summed E-state index contributed by atoms with van der Waals surface area (Å²) >= 11 is 0. The highest BCUT2D eigenvalue weighted by atomic mass is 16.5. The first kappa shape index (κ1) is 20.6. The molecule has 0 aliphatic heterocycles. The number of phenolic OH excluding ortho intramolecular Hbond substituents is 1. The number of esters is 2. The SMILES string of the molecule is COC(=O)c1ccc(C(=O)OC)c(NC(=O)NC(C)Oc2ccc(O)cc2)c1. The quantitative estimate of drug-likeness (QED) is 0.513. The number of benzene rings is 2. The Morgan fingerprint density at radius 1 is 0.964 bits per heavy atom. The summed E-state index contributed by atoms with van der Waals surface area (Å²) in [6.07, 6.45) is -0.727. The van der Waals surface area contributed by atoms with Crippen molar-refractivity contribution < 1.29 is 33.7 Å². The standard InChI is InChI=1S/C19H20N2O7/c1-11(28-14-7-5-13(22)6-8-14)20-19(25)21-16-10-12(17(23)26-2)4-9-15(16)18(24)27-3/h4-11,22H,1-3H3,(H2,20,21,25). The Morgan fingerprint density at radius 2 is 1.61 bits per heavy atom. The Balaban J connectivity index is 2.11. The molecule has 3 N–H and O–H groups in total. The molecule has 28 heavy (non-hydrogen) atoms. The second-order valence-corrected chi connectivity index (χ2v) is 5.60. The molecule has 2 aromatic rings. The van der Waals surface area contributed by atoms with E-state index in [1.165, 1.54) is 44.6 Å². The molecule has 0 heterocycles. The van der Waals surface area contributed by atoms with Crippen molar-refractivity contribution in [2.75, 3.05) is 19.5 Å². The van der Waals surface area contributed by atoms with Gasteiger partial charge in [-0.3, -0.25) is 0 Å². The Kier molecular flexibility index (Phi) is 6.80. The molecule has 0 saturated carbocycles. The van der Waals surface area contributed by atoms with Crippen LogP contribution in [-0.2, 0) is 9.47 Å². The van der Waals surface area contributed by atoms with E-state index in [9.17, 15) is 19.5 Å². The lowest BCUT2D eigenvalue weighted by Gasteiger charge is -2.18. The maximum absolute atomic E-state index is 12.3. The predicted octanol–water partition coefficient (Wildman–Crippen LogP) is 2.51. The van der Waals surface area contributed by atoms with Crippen LogP contribution in [0.2, 0.25) is 0 Å². The molecular weight excluding hydrogens is 368 g/mol. The molecule has 148 valence electrons. The molecule has 9 nitrogen and oxygen atoms in total. The van der Waals surface area contributed by atoms with Gasteiger partial charge in [-0.25, -0.2) is 14.4 Å². The van der Waals surface area contributed by atoms with Crippen LogP contribution < -0.4 is 15.4 Å². The Hall–Kier alpha value is -3.75. The Labute approximate surface area is 161 Å². The van der Waals surface area contributed by atoms with Gasteiger partial charge in [0.1, 0.15) is 11.5 Å². The number of anilines is 1. The summed E-state index contributed by atoms with van der Waals surface area (Å²) in [5, 5.41) is 14.3. The van der Waals surface area contributed by atoms with E-state index in [1.807, 2.05) is 0 Å². The zero-order valence-corrected chi connectivity index (χ0v) is 15.5. The van der Waals surface area contributed by atoms with Gasteiger partial charge in [-0.05, 0) is 49.4 Å². The third-order valence-corrected chi connectivity index (χ3v) is 3.58. The first-order valence-corrected chi connectivity index (χ1v) is 8.18. The van der Waals surface area contributed by atoms with E-state index in [1.54, 1.807) is 19.1 Å². The number of amides is 2. The molecule has 1 atom stereocenters. The molecule has 1 unspecified atom stereocenters. The third-order valence-electron chi connectivity index (χ3n) is 3.58. The van der Waals surface area contributed by atoms with Crippen LogP contribution in [0, 0.1) is 0 Å². The monoisotopic (exact) mass is 388 g/mol. The zero-order valence-electron chi connectivity index (χ0n) is 15.5.